The Labute approximate surface area is 188 Å². The molecular weight excluding hydrogens is 408 g/mol. The van der Waals surface area contributed by atoms with E-state index >= 15 is 0 Å². The number of ether oxygens (including phenoxy) is 1. The Kier molecular flexibility index (Phi) is 4.87. The predicted octanol–water partition coefficient (Wildman–Crippen LogP) is 5.16. The second-order valence-corrected chi connectivity index (χ2v) is 9.55. The van der Waals surface area contributed by atoms with Crippen molar-refractivity contribution in [2.45, 2.75) is 50.8 Å². The lowest BCUT2D eigenvalue weighted by atomic mass is 9.65. The summed E-state index contributed by atoms with van der Waals surface area (Å²) in [7, 11) is 3.72. The average molecular weight is 437 g/mol. The van der Waals surface area contributed by atoms with Gasteiger partial charge in [-0.05, 0) is 80.0 Å². The number of fused-ring (bicyclic) bond motifs is 3. The second kappa shape index (κ2) is 7.35. The maximum atomic E-state index is 6.39. The van der Waals surface area contributed by atoms with E-state index in [9.17, 15) is 0 Å². The molecule has 5 nitrogen and oxygen atoms in total. The number of rotatable bonds is 3. The molecule has 2 spiro atoms. The molecule has 1 heterocycles. The van der Waals surface area contributed by atoms with Crippen LogP contribution in [0, 0.1) is 5.41 Å². The summed E-state index contributed by atoms with van der Waals surface area (Å²) in [6, 6.07) is 12.8. The number of methoxy groups -OCH3 is 1. The Bertz CT molecular complexity index is 1080. The highest BCUT2D eigenvalue weighted by Gasteiger charge is 2.60. The van der Waals surface area contributed by atoms with E-state index in [0.29, 0.717) is 17.0 Å². The first kappa shape index (κ1) is 20.5. The van der Waals surface area contributed by atoms with Crippen LogP contribution in [0.4, 0.5) is 5.69 Å². The van der Waals surface area contributed by atoms with Crippen molar-refractivity contribution in [1.82, 2.24) is 0 Å². The summed E-state index contributed by atoms with van der Waals surface area (Å²) in [5.74, 6) is 0.562. The van der Waals surface area contributed by atoms with E-state index in [1.165, 1.54) is 11.1 Å². The summed E-state index contributed by atoms with van der Waals surface area (Å²) < 4.78 is 5.66. The molecule has 6 heteroatoms. The van der Waals surface area contributed by atoms with Gasteiger partial charge in [0.15, 0.2) is 5.66 Å². The molecule has 2 aromatic carbocycles. The van der Waals surface area contributed by atoms with E-state index < -0.39 is 5.66 Å². The van der Waals surface area contributed by atoms with Crippen molar-refractivity contribution in [2.24, 2.45) is 21.1 Å². The van der Waals surface area contributed by atoms with Crippen molar-refractivity contribution in [3.63, 3.8) is 0 Å². The number of nitrogens with zero attached hydrogens (tertiary/aromatic N) is 2. The fourth-order valence-corrected chi connectivity index (χ4v) is 5.99. The van der Waals surface area contributed by atoms with Gasteiger partial charge in [0.05, 0.1) is 11.8 Å². The van der Waals surface area contributed by atoms with Crippen LogP contribution in [-0.4, -0.2) is 31.8 Å². The van der Waals surface area contributed by atoms with Gasteiger partial charge >= 0.3 is 0 Å². The molecule has 3 aliphatic rings. The molecule has 0 amide bonds. The number of benzene rings is 2. The first-order chi connectivity index (χ1) is 14.9. The Morgan fingerprint density at radius 3 is 2.52 bits per heavy atom. The molecule has 1 saturated carbocycles. The molecule has 0 aromatic heterocycles. The molecule has 0 radical (unpaired) electrons. The SMILES string of the molecule is CNc1cc(Cl)cc(-c2ccc3c(c2)C2(N=C(C)C(N)=N2)C2(CCC(OC)CC2)C3)c1. The number of nitrogens with one attached hydrogen (secondary N) is 1. The van der Waals surface area contributed by atoms with E-state index in [1.807, 2.05) is 33.2 Å². The zero-order valence-corrected chi connectivity index (χ0v) is 19.1. The van der Waals surface area contributed by atoms with Crippen molar-refractivity contribution >= 4 is 28.8 Å². The number of hydrogen-bond donors (Lipinski definition) is 2. The number of anilines is 1. The van der Waals surface area contributed by atoms with E-state index in [-0.39, 0.29) is 5.41 Å². The maximum absolute atomic E-state index is 6.39. The highest BCUT2D eigenvalue weighted by Crippen LogP contribution is 2.62. The summed E-state index contributed by atoms with van der Waals surface area (Å²) in [6.45, 7) is 1.97. The van der Waals surface area contributed by atoms with Gasteiger partial charge in [0.2, 0.25) is 0 Å². The van der Waals surface area contributed by atoms with E-state index in [2.05, 4.69) is 29.6 Å². The molecule has 0 saturated heterocycles. The molecule has 1 fully saturated rings. The standard InChI is InChI=1S/C25H29ClN4O/c1-15-23(27)30-25(29-15)22-12-16(18-10-19(26)13-20(11-18)28-2)4-5-17(22)14-24(25)8-6-21(31-3)7-9-24/h4-5,10-13,21,28H,6-9,14H2,1-3H3,(H2,27,30). The van der Waals surface area contributed by atoms with E-state index in [1.54, 1.807) is 0 Å². The zero-order chi connectivity index (χ0) is 21.8. The highest BCUT2D eigenvalue weighted by molar-refractivity contribution is 6.41. The quantitative estimate of drug-likeness (QED) is 0.697. The Morgan fingerprint density at radius 1 is 1.10 bits per heavy atom. The van der Waals surface area contributed by atoms with Gasteiger partial charge in [-0.2, -0.15) is 0 Å². The summed E-state index contributed by atoms with van der Waals surface area (Å²) in [4.78, 5) is 10.2. The Balaban J connectivity index is 1.64. The summed E-state index contributed by atoms with van der Waals surface area (Å²) >= 11 is 6.39. The van der Waals surface area contributed by atoms with Crippen molar-refractivity contribution < 1.29 is 4.74 Å². The largest absolute Gasteiger partial charge is 0.388 e. The van der Waals surface area contributed by atoms with Crippen LogP contribution < -0.4 is 11.1 Å². The third-order valence-corrected chi connectivity index (χ3v) is 7.70. The highest BCUT2D eigenvalue weighted by atomic mass is 35.5. The molecule has 5 rings (SSSR count). The van der Waals surface area contributed by atoms with Crippen LogP contribution in [0.25, 0.3) is 11.1 Å². The zero-order valence-electron chi connectivity index (χ0n) is 18.3. The predicted molar refractivity (Wildman–Crippen MR) is 128 cm³/mol. The molecule has 0 bridgehead atoms. The molecule has 1 aliphatic heterocycles. The Morgan fingerprint density at radius 2 is 1.87 bits per heavy atom. The van der Waals surface area contributed by atoms with Crippen LogP contribution >= 0.6 is 11.6 Å². The molecular formula is C25H29ClN4O. The van der Waals surface area contributed by atoms with Crippen LogP contribution in [0.15, 0.2) is 46.4 Å². The minimum Gasteiger partial charge on any atom is -0.388 e. The number of nitrogens with two attached hydrogens (primary N) is 1. The van der Waals surface area contributed by atoms with Crippen molar-refractivity contribution in [2.75, 3.05) is 19.5 Å². The van der Waals surface area contributed by atoms with E-state index in [4.69, 9.17) is 32.1 Å². The lowest BCUT2D eigenvalue weighted by Gasteiger charge is -2.44. The van der Waals surface area contributed by atoms with Gasteiger partial charge in [-0.1, -0.05) is 23.7 Å². The third-order valence-electron chi connectivity index (χ3n) is 7.48. The second-order valence-electron chi connectivity index (χ2n) is 9.11. The van der Waals surface area contributed by atoms with Crippen LogP contribution in [0.1, 0.15) is 43.7 Å². The lowest BCUT2D eigenvalue weighted by Crippen LogP contribution is -2.43. The van der Waals surface area contributed by atoms with Gasteiger partial charge in [0, 0.05) is 35.8 Å². The molecule has 31 heavy (non-hydrogen) atoms. The van der Waals surface area contributed by atoms with Crippen LogP contribution in [0.2, 0.25) is 5.02 Å². The maximum Gasteiger partial charge on any atom is 0.184 e. The minimum atomic E-state index is -0.629. The Hall–Kier alpha value is -2.37. The number of halogens is 1. The summed E-state index contributed by atoms with van der Waals surface area (Å²) in [5, 5.41) is 3.90. The fraction of sp³-hybridized carbons (Fsp3) is 0.440. The summed E-state index contributed by atoms with van der Waals surface area (Å²) in [6.07, 6.45) is 5.42. The fourth-order valence-electron chi connectivity index (χ4n) is 5.75. The van der Waals surface area contributed by atoms with Crippen molar-refractivity contribution in [3.8, 4) is 11.1 Å². The smallest absolute Gasteiger partial charge is 0.184 e. The topological polar surface area (TPSA) is 72.0 Å². The van der Waals surface area contributed by atoms with Crippen molar-refractivity contribution in [3.05, 3.63) is 52.5 Å². The van der Waals surface area contributed by atoms with Gasteiger partial charge in [-0.25, -0.2) is 4.99 Å². The molecule has 162 valence electrons. The minimum absolute atomic E-state index is 0.0458. The molecule has 1 unspecified atom stereocenters. The lowest BCUT2D eigenvalue weighted by molar-refractivity contribution is -0.000371. The molecule has 2 aliphatic carbocycles. The van der Waals surface area contributed by atoms with E-state index in [0.717, 1.165) is 54.6 Å². The average Bonchev–Trinajstić information content (AvgIpc) is 3.21. The first-order valence-electron chi connectivity index (χ1n) is 11.0. The first-order valence-corrected chi connectivity index (χ1v) is 11.3. The van der Waals surface area contributed by atoms with Crippen LogP contribution in [0.3, 0.4) is 0 Å². The number of amidine groups is 1. The van der Waals surface area contributed by atoms with Crippen LogP contribution in [0.5, 0.6) is 0 Å². The molecule has 3 N–H and O–H groups in total. The van der Waals surface area contributed by atoms with Gasteiger partial charge < -0.3 is 15.8 Å². The van der Waals surface area contributed by atoms with Gasteiger partial charge in [-0.15, -0.1) is 0 Å². The normalized spacial score (nSPS) is 29.2. The number of aliphatic imine (C=N–C) groups is 2. The van der Waals surface area contributed by atoms with Gasteiger partial charge in [0.1, 0.15) is 5.84 Å². The molecule has 2 aromatic rings. The van der Waals surface area contributed by atoms with Crippen molar-refractivity contribution in [1.29, 1.82) is 0 Å². The monoisotopic (exact) mass is 436 g/mol. The van der Waals surface area contributed by atoms with Gasteiger partial charge in [0.25, 0.3) is 0 Å². The van der Waals surface area contributed by atoms with Gasteiger partial charge in [-0.3, -0.25) is 4.99 Å². The third kappa shape index (κ3) is 3.09. The summed E-state index contributed by atoms with van der Waals surface area (Å²) in [5.41, 5.74) is 12.2. The molecule has 1 atom stereocenters. The van der Waals surface area contributed by atoms with Crippen LogP contribution in [-0.2, 0) is 16.8 Å². The number of hydrogen-bond acceptors (Lipinski definition) is 5.